The molecule has 1 aromatic heterocycles. The van der Waals surface area contributed by atoms with Crippen LogP contribution in [0.25, 0.3) is 0 Å². The predicted octanol–water partition coefficient (Wildman–Crippen LogP) is 4.62. The zero-order valence-electron chi connectivity index (χ0n) is 15.9. The molecule has 0 aliphatic carbocycles. The van der Waals surface area contributed by atoms with Crippen LogP contribution in [0, 0.1) is 31.0 Å². The number of aromatic nitrogens is 1. The van der Waals surface area contributed by atoms with E-state index in [1.807, 2.05) is 26.0 Å². The average molecular weight is 376 g/mol. The molecule has 4 nitrogen and oxygen atoms in total. The lowest BCUT2D eigenvalue weighted by Crippen LogP contribution is -2.13. The van der Waals surface area contributed by atoms with Crippen LogP contribution in [-0.4, -0.2) is 17.0 Å². The van der Waals surface area contributed by atoms with E-state index in [1.165, 1.54) is 12.1 Å². The molecule has 142 valence electrons. The molecule has 0 fully saturated rings. The highest BCUT2D eigenvalue weighted by Crippen LogP contribution is 2.18. The Bertz CT molecular complexity index is 1010. The zero-order valence-corrected chi connectivity index (χ0v) is 15.9. The molecule has 1 heterocycles. The summed E-state index contributed by atoms with van der Waals surface area (Å²) in [6.07, 6.45) is 0.756. The Morgan fingerprint density at radius 3 is 2.43 bits per heavy atom. The van der Waals surface area contributed by atoms with Crippen LogP contribution in [0.3, 0.4) is 0 Å². The van der Waals surface area contributed by atoms with Crippen molar-refractivity contribution >= 4 is 5.78 Å². The number of halogens is 1. The van der Waals surface area contributed by atoms with Crippen molar-refractivity contribution in [1.29, 1.82) is 5.26 Å². The van der Waals surface area contributed by atoms with Crippen LogP contribution < -0.4 is 4.74 Å². The van der Waals surface area contributed by atoms with Gasteiger partial charge in [-0.1, -0.05) is 12.1 Å². The van der Waals surface area contributed by atoms with Crippen molar-refractivity contribution in [2.45, 2.75) is 26.8 Å². The molecule has 0 saturated heterocycles. The Morgan fingerprint density at radius 1 is 1.11 bits per heavy atom. The molecule has 0 amide bonds. The van der Waals surface area contributed by atoms with Gasteiger partial charge in [0.15, 0.2) is 6.61 Å². The van der Waals surface area contributed by atoms with Crippen molar-refractivity contribution in [3.05, 3.63) is 88.5 Å². The minimum absolute atomic E-state index is 0.0614. The molecular formula is C23H21FN2O2. The van der Waals surface area contributed by atoms with Crippen molar-refractivity contribution in [3.8, 4) is 11.8 Å². The van der Waals surface area contributed by atoms with E-state index >= 15 is 0 Å². The maximum absolute atomic E-state index is 13.0. The number of nitrogens with zero attached hydrogens (tertiary/aromatic N) is 2. The van der Waals surface area contributed by atoms with Gasteiger partial charge in [0.25, 0.3) is 0 Å². The lowest BCUT2D eigenvalue weighted by Gasteiger charge is -2.10. The standard InChI is InChI=1S/C23H21FN2O2/c1-16-13-22(23(27)15-28-21-9-5-19(14-25)6-10-21)17(2)26(16)12-11-18-3-7-20(24)8-4-18/h3-10,13H,11-12,15H2,1-2H3. The molecule has 0 aliphatic heterocycles. The number of rotatable bonds is 7. The summed E-state index contributed by atoms with van der Waals surface area (Å²) < 4.78 is 20.7. The molecule has 0 unspecified atom stereocenters. The molecular weight excluding hydrogens is 355 g/mol. The molecule has 0 aliphatic rings. The first-order valence-corrected chi connectivity index (χ1v) is 9.05. The predicted molar refractivity (Wildman–Crippen MR) is 105 cm³/mol. The fraction of sp³-hybridized carbons (Fsp3) is 0.217. The summed E-state index contributed by atoms with van der Waals surface area (Å²) in [6.45, 7) is 4.55. The van der Waals surface area contributed by atoms with Gasteiger partial charge in [0.2, 0.25) is 5.78 Å². The molecule has 0 bridgehead atoms. The van der Waals surface area contributed by atoms with Gasteiger partial charge in [-0.15, -0.1) is 0 Å². The summed E-state index contributed by atoms with van der Waals surface area (Å²) in [7, 11) is 0. The van der Waals surface area contributed by atoms with Gasteiger partial charge < -0.3 is 9.30 Å². The Kier molecular flexibility index (Phi) is 5.90. The third-order valence-electron chi connectivity index (χ3n) is 4.76. The Morgan fingerprint density at radius 2 is 1.79 bits per heavy atom. The normalized spacial score (nSPS) is 10.5. The molecule has 0 radical (unpaired) electrons. The van der Waals surface area contributed by atoms with Gasteiger partial charge in [0, 0.05) is 23.5 Å². The minimum atomic E-state index is -0.243. The fourth-order valence-corrected chi connectivity index (χ4v) is 3.17. The van der Waals surface area contributed by atoms with Crippen LogP contribution in [0.1, 0.15) is 32.9 Å². The summed E-state index contributed by atoms with van der Waals surface area (Å²) in [5.74, 6) is 0.218. The number of carbonyl (C=O) groups is 1. The van der Waals surface area contributed by atoms with Gasteiger partial charge in [-0.05, 0) is 68.3 Å². The first-order chi connectivity index (χ1) is 13.5. The maximum atomic E-state index is 13.0. The van der Waals surface area contributed by atoms with E-state index in [2.05, 4.69) is 4.57 Å². The quantitative estimate of drug-likeness (QED) is 0.566. The van der Waals surface area contributed by atoms with Gasteiger partial charge in [-0.25, -0.2) is 4.39 Å². The largest absolute Gasteiger partial charge is 0.485 e. The van der Waals surface area contributed by atoms with E-state index in [0.717, 1.165) is 23.4 Å². The van der Waals surface area contributed by atoms with Gasteiger partial charge in [-0.2, -0.15) is 5.26 Å². The number of benzene rings is 2. The average Bonchev–Trinajstić information content (AvgIpc) is 3.00. The van der Waals surface area contributed by atoms with Gasteiger partial charge in [0.1, 0.15) is 11.6 Å². The van der Waals surface area contributed by atoms with Crippen LogP contribution in [0.5, 0.6) is 5.75 Å². The first kappa shape index (κ1) is 19.4. The second-order valence-electron chi connectivity index (χ2n) is 6.66. The highest BCUT2D eigenvalue weighted by molar-refractivity contribution is 5.98. The third kappa shape index (κ3) is 4.47. The second-order valence-corrected chi connectivity index (χ2v) is 6.66. The lowest BCUT2D eigenvalue weighted by molar-refractivity contribution is 0.0921. The molecule has 3 aromatic rings. The summed E-state index contributed by atoms with van der Waals surface area (Å²) in [6, 6.07) is 17.1. The van der Waals surface area contributed by atoms with Crippen molar-refractivity contribution in [2.24, 2.45) is 0 Å². The van der Waals surface area contributed by atoms with Gasteiger partial charge in [-0.3, -0.25) is 4.79 Å². The molecule has 0 atom stereocenters. The number of hydrogen-bond donors (Lipinski definition) is 0. The Hall–Kier alpha value is -3.39. The summed E-state index contributed by atoms with van der Waals surface area (Å²) in [5.41, 5.74) is 4.13. The van der Waals surface area contributed by atoms with Crippen molar-refractivity contribution < 1.29 is 13.9 Å². The molecule has 0 N–H and O–H groups in total. The number of nitriles is 1. The highest BCUT2D eigenvalue weighted by Gasteiger charge is 2.16. The van der Waals surface area contributed by atoms with E-state index < -0.39 is 0 Å². The second kappa shape index (κ2) is 8.53. The molecule has 28 heavy (non-hydrogen) atoms. The van der Waals surface area contributed by atoms with Crippen LogP contribution in [-0.2, 0) is 13.0 Å². The third-order valence-corrected chi connectivity index (χ3v) is 4.76. The number of aryl methyl sites for hydroxylation is 2. The van der Waals surface area contributed by atoms with E-state index in [9.17, 15) is 9.18 Å². The molecule has 3 rings (SSSR count). The molecule has 2 aromatic carbocycles. The van der Waals surface area contributed by atoms with Crippen LogP contribution in [0.15, 0.2) is 54.6 Å². The van der Waals surface area contributed by atoms with E-state index in [0.29, 0.717) is 23.4 Å². The van der Waals surface area contributed by atoms with E-state index in [4.69, 9.17) is 10.00 Å². The van der Waals surface area contributed by atoms with Crippen molar-refractivity contribution in [1.82, 2.24) is 4.57 Å². The maximum Gasteiger partial charge on any atom is 0.202 e. The number of ketones is 1. The summed E-state index contributed by atoms with van der Waals surface area (Å²) >= 11 is 0. The van der Waals surface area contributed by atoms with E-state index in [1.54, 1.807) is 36.4 Å². The van der Waals surface area contributed by atoms with E-state index in [-0.39, 0.29) is 18.2 Å². The topological polar surface area (TPSA) is 55.0 Å². The smallest absolute Gasteiger partial charge is 0.202 e. The SMILES string of the molecule is Cc1cc(C(=O)COc2ccc(C#N)cc2)c(C)n1CCc1ccc(F)cc1. The fourth-order valence-electron chi connectivity index (χ4n) is 3.17. The van der Waals surface area contributed by atoms with Gasteiger partial charge >= 0.3 is 0 Å². The molecule has 0 spiro atoms. The summed E-state index contributed by atoms with van der Waals surface area (Å²) in [5, 5.41) is 8.82. The van der Waals surface area contributed by atoms with Crippen molar-refractivity contribution in [2.75, 3.05) is 6.61 Å². The van der Waals surface area contributed by atoms with Crippen LogP contribution in [0.4, 0.5) is 4.39 Å². The monoisotopic (exact) mass is 376 g/mol. The van der Waals surface area contributed by atoms with Crippen molar-refractivity contribution in [3.63, 3.8) is 0 Å². The van der Waals surface area contributed by atoms with Crippen LogP contribution in [0.2, 0.25) is 0 Å². The summed E-state index contributed by atoms with van der Waals surface area (Å²) in [4.78, 5) is 12.6. The zero-order chi connectivity index (χ0) is 20.1. The number of Topliss-reactive ketones (excluding diaryl/α,β-unsaturated/α-hetero) is 1. The number of hydrogen-bond acceptors (Lipinski definition) is 3. The molecule has 5 heteroatoms. The minimum Gasteiger partial charge on any atom is -0.485 e. The highest BCUT2D eigenvalue weighted by atomic mass is 19.1. The number of carbonyl (C=O) groups excluding carboxylic acids is 1. The van der Waals surface area contributed by atoms with Crippen LogP contribution >= 0.6 is 0 Å². The lowest BCUT2D eigenvalue weighted by atomic mass is 10.1. The number of ether oxygens (including phenoxy) is 1. The Balaban J connectivity index is 1.65. The van der Waals surface area contributed by atoms with Gasteiger partial charge in [0.05, 0.1) is 11.6 Å². The Labute approximate surface area is 163 Å². The molecule has 0 saturated carbocycles. The first-order valence-electron chi connectivity index (χ1n) is 9.05.